The largest absolute Gasteiger partial charge is 0.323 e. The molecule has 1 aliphatic rings. The molecule has 1 atom stereocenters. The zero-order valence-corrected chi connectivity index (χ0v) is 16.6. The average Bonchev–Trinajstić information content (AvgIpc) is 2.68. The van der Waals surface area contributed by atoms with Gasteiger partial charge in [-0.1, -0.05) is 35.9 Å². The Labute approximate surface area is 164 Å². The van der Waals surface area contributed by atoms with Crippen molar-refractivity contribution in [2.45, 2.75) is 17.9 Å². The first-order valence-corrected chi connectivity index (χ1v) is 10.7. The number of amides is 1. The van der Waals surface area contributed by atoms with Crippen LogP contribution in [-0.2, 0) is 14.8 Å². The Kier molecular flexibility index (Phi) is 6.16. The van der Waals surface area contributed by atoms with Gasteiger partial charge in [0.25, 0.3) is 5.91 Å². The number of carbonyl (C=O) groups is 1. The molecule has 0 radical (unpaired) electrons. The maximum absolute atomic E-state index is 12.8. The number of nitrogens with zero attached hydrogens (tertiary/aromatic N) is 1. The SMILES string of the molecule is C[C@H](C(=O)Nc1ccccc1)[NH+]1CCN(S(=O)(=O)c2cccc(Cl)c2)CC1. The van der Waals surface area contributed by atoms with Crippen molar-refractivity contribution in [1.29, 1.82) is 0 Å². The standard InChI is InChI=1S/C19H22ClN3O3S/c1-15(19(24)21-17-7-3-2-4-8-17)22-10-12-23(13-11-22)27(25,26)18-9-5-6-16(20)14-18/h2-9,14-15H,10-13H2,1H3,(H,21,24)/p+1/t15-/m1/s1. The Morgan fingerprint density at radius 3 is 2.41 bits per heavy atom. The lowest BCUT2D eigenvalue weighted by atomic mass is 10.2. The van der Waals surface area contributed by atoms with E-state index in [4.69, 9.17) is 11.6 Å². The number of anilines is 1. The predicted molar refractivity (Wildman–Crippen MR) is 105 cm³/mol. The molecule has 0 aromatic heterocycles. The Hall–Kier alpha value is -1.93. The molecule has 1 aliphatic heterocycles. The maximum atomic E-state index is 12.8. The number of quaternary nitrogens is 1. The lowest BCUT2D eigenvalue weighted by Crippen LogP contribution is -3.19. The number of sulfonamides is 1. The van der Waals surface area contributed by atoms with Gasteiger partial charge in [-0.2, -0.15) is 4.31 Å². The highest BCUT2D eigenvalue weighted by molar-refractivity contribution is 7.89. The number of carbonyl (C=O) groups excluding carboxylic acids is 1. The quantitative estimate of drug-likeness (QED) is 0.782. The summed E-state index contributed by atoms with van der Waals surface area (Å²) in [5.74, 6) is -0.0673. The monoisotopic (exact) mass is 408 g/mol. The highest BCUT2D eigenvalue weighted by Gasteiger charge is 2.34. The molecule has 1 heterocycles. The number of piperazine rings is 1. The molecular formula is C19H23ClN3O3S+. The molecule has 1 amide bonds. The number of rotatable bonds is 5. The van der Waals surface area contributed by atoms with Crippen LogP contribution in [0.25, 0.3) is 0 Å². The third kappa shape index (κ3) is 4.68. The van der Waals surface area contributed by atoms with Crippen molar-refractivity contribution in [1.82, 2.24) is 4.31 Å². The van der Waals surface area contributed by atoms with Gasteiger partial charge < -0.3 is 10.2 Å². The number of hydrogen-bond acceptors (Lipinski definition) is 3. The number of para-hydroxylation sites is 1. The van der Waals surface area contributed by atoms with Crippen molar-refractivity contribution in [3.63, 3.8) is 0 Å². The van der Waals surface area contributed by atoms with Crippen molar-refractivity contribution in [2.24, 2.45) is 0 Å². The number of halogens is 1. The molecule has 0 saturated carbocycles. The van der Waals surface area contributed by atoms with Gasteiger partial charge in [0.1, 0.15) is 0 Å². The van der Waals surface area contributed by atoms with E-state index in [0.717, 1.165) is 10.6 Å². The fraction of sp³-hybridized carbons (Fsp3) is 0.316. The Bertz CT molecular complexity index is 897. The Morgan fingerprint density at radius 2 is 1.78 bits per heavy atom. The zero-order chi connectivity index (χ0) is 19.4. The zero-order valence-electron chi connectivity index (χ0n) is 15.1. The molecule has 0 spiro atoms. The van der Waals surface area contributed by atoms with Crippen LogP contribution in [0.4, 0.5) is 5.69 Å². The summed E-state index contributed by atoms with van der Waals surface area (Å²) in [7, 11) is -3.57. The van der Waals surface area contributed by atoms with Crippen LogP contribution >= 0.6 is 11.6 Å². The summed E-state index contributed by atoms with van der Waals surface area (Å²) >= 11 is 5.92. The molecule has 0 aliphatic carbocycles. The molecule has 2 aromatic carbocycles. The van der Waals surface area contributed by atoms with Gasteiger partial charge in [0, 0.05) is 10.7 Å². The van der Waals surface area contributed by atoms with Crippen LogP contribution in [-0.4, -0.2) is 50.9 Å². The van der Waals surface area contributed by atoms with E-state index in [1.165, 1.54) is 10.4 Å². The fourth-order valence-electron chi connectivity index (χ4n) is 3.18. The van der Waals surface area contributed by atoms with Gasteiger partial charge in [0.05, 0.1) is 31.1 Å². The van der Waals surface area contributed by atoms with Crippen molar-refractivity contribution in [3.05, 3.63) is 59.6 Å². The summed E-state index contributed by atoms with van der Waals surface area (Å²) in [5.41, 5.74) is 0.760. The summed E-state index contributed by atoms with van der Waals surface area (Å²) in [6.45, 7) is 3.75. The number of nitrogens with one attached hydrogen (secondary N) is 2. The minimum atomic E-state index is -3.57. The van der Waals surface area contributed by atoms with E-state index in [1.54, 1.807) is 18.2 Å². The molecule has 1 fully saturated rings. The molecule has 2 aromatic rings. The molecule has 2 N–H and O–H groups in total. The van der Waals surface area contributed by atoms with Crippen LogP contribution in [0.1, 0.15) is 6.92 Å². The highest BCUT2D eigenvalue weighted by atomic mass is 35.5. The minimum Gasteiger partial charge on any atom is -0.323 e. The van der Waals surface area contributed by atoms with Gasteiger partial charge in [-0.15, -0.1) is 0 Å². The normalized spacial score (nSPS) is 17.4. The summed E-state index contributed by atoms with van der Waals surface area (Å²) in [6.07, 6.45) is 0. The van der Waals surface area contributed by atoms with Crippen molar-refractivity contribution in [3.8, 4) is 0 Å². The minimum absolute atomic E-state index is 0.0673. The molecule has 3 rings (SSSR count). The molecule has 144 valence electrons. The van der Waals surface area contributed by atoms with Crippen LogP contribution in [0.2, 0.25) is 5.02 Å². The Balaban J connectivity index is 1.60. The summed E-state index contributed by atoms with van der Waals surface area (Å²) in [5, 5.41) is 3.30. The topological polar surface area (TPSA) is 70.9 Å². The van der Waals surface area contributed by atoms with Gasteiger partial charge >= 0.3 is 0 Å². The van der Waals surface area contributed by atoms with Crippen molar-refractivity contribution < 1.29 is 18.1 Å². The van der Waals surface area contributed by atoms with E-state index in [1.807, 2.05) is 37.3 Å². The van der Waals surface area contributed by atoms with E-state index in [9.17, 15) is 13.2 Å². The second-order valence-corrected chi connectivity index (χ2v) is 8.97. The molecule has 1 saturated heterocycles. The second-order valence-electron chi connectivity index (χ2n) is 6.60. The van der Waals surface area contributed by atoms with Crippen LogP contribution in [0.5, 0.6) is 0 Å². The van der Waals surface area contributed by atoms with Crippen LogP contribution in [0.15, 0.2) is 59.5 Å². The van der Waals surface area contributed by atoms with Crippen LogP contribution in [0, 0.1) is 0 Å². The van der Waals surface area contributed by atoms with Crippen LogP contribution in [0.3, 0.4) is 0 Å². The first kappa shape index (κ1) is 19.8. The number of benzene rings is 2. The third-order valence-electron chi connectivity index (χ3n) is 4.85. The molecule has 8 heteroatoms. The lowest BCUT2D eigenvalue weighted by molar-refractivity contribution is -0.917. The second kappa shape index (κ2) is 8.39. The van der Waals surface area contributed by atoms with Gasteiger partial charge in [-0.25, -0.2) is 8.42 Å². The van der Waals surface area contributed by atoms with Gasteiger partial charge in [-0.05, 0) is 37.3 Å². The van der Waals surface area contributed by atoms with Gasteiger partial charge in [0.15, 0.2) is 6.04 Å². The van der Waals surface area contributed by atoms with E-state index >= 15 is 0 Å². The van der Waals surface area contributed by atoms with Gasteiger partial charge in [0.2, 0.25) is 10.0 Å². The van der Waals surface area contributed by atoms with E-state index in [-0.39, 0.29) is 16.8 Å². The maximum Gasteiger partial charge on any atom is 0.282 e. The summed E-state index contributed by atoms with van der Waals surface area (Å²) in [6, 6.07) is 15.3. The van der Waals surface area contributed by atoms with Crippen molar-refractivity contribution in [2.75, 3.05) is 31.5 Å². The average molecular weight is 409 g/mol. The highest BCUT2D eigenvalue weighted by Crippen LogP contribution is 2.19. The number of hydrogen-bond donors (Lipinski definition) is 2. The molecule has 6 nitrogen and oxygen atoms in total. The smallest absolute Gasteiger partial charge is 0.282 e. The Morgan fingerprint density at radius 1 is 1.11 bits per heavy atom. The van der Waals surface area contributed by atoms with E-state index in [2.05, 4.69) is 5.32 Å². The molecular weight excluding hydrogens is 386 g/mol. The third-order valence-corrected chi connectivity index (χ3v) is 6.98. The fourth-order valence-corrected chi connectivity index (χ4v) is 4.92. The van der Waals surface area contributed by atoms with E-state index in [0.29, 0.717) is 31.2 Å². The molecule has 0 unspecified atom stereocenters. The van der Waals surface area contributed by atoms with Crippen molar-refractivity contribution >= 4 is 33.2 Å². The van der Waals surface area contributed by atoms with E-state index < -0.39 is 10.0 Å². The van der Waals surface area contributed by atoms with Gasteiger partial charge in [-0.3, -0.25) is 4.79 Å². The van der Waals surface area contributed by atoms with Crippen LogP contribution < -0.4 is 10.2 Å². The molecule has 27 heavy (non-hydrogen) atoms. The summed E-state index contributed by atoms with van der Waals surface area (Å²) < 4.78 is 27.0. The predicted octanol–water partition coefficient (Wildman–Crippen LogP) is 1.26. The first-order chi connectivity index (χ1) is 12.9. The first-order valence-electron chi connectivity index (χ1n) is 8.84. The molecule has 0 bridgehead atoms. The lowest BCUT2D eigenvalue weighted by Gasteiger charge is -2.34. The summed E-state index contributed by atoms with van der Waals surface area (Å²) in [4.78, 5) is 13.7.